The topological polar surface area (TPSA) is 15.3 Å². The summed E-state index contributed by atoms with van der Waals surface area (Å²) in [5, 5.41) is 3.49. The number of hydrogen-bond donors (Lipinski definition) is 1. The molecule has 1 aromatic carbocycles. The second kappa shape index (κ2) is 5.19. The molecule has 0 unspecified atom stereocenters. The molecule has 1 atom stereocenters. The molecule has 0 bridgehead atoms. The van der Waals surface area contributed by atoms with Gasteiger partial charge >= 0.3 is 0 Å². The van der Waals surface area contributed by atoms with E-state index in [1.165, 1.54) is 22.3 Å². The number of nitrogens with one attached hydrogen (secondary N) is 1. The Morgan fingerprint density at radius 3 is 2.59 bits per heavy atom. The smallest absolute Gasteiger partial charge is 0.0237 e. The third-order valence-corrected chi connectivity index (χ3v) is 3.80. The Kier molecular flexibility index (Phi) is 3.85. The van der Waals surface area contributed by atoms with Gasteiger partial charge in [-0.25, -0.2) is 0 Å². The van der Waals surface area contributed by atoms with Gasteiger partial charge < -0.3 is 5.32 Å². The van der Waals surface area contributed by atoms with Gasteiger partial charge in [-0.1, -0.05) is 12.1 Å². The summed E-state index contributed by atoms with van der Waals surface area (Å²) in [6.07, 6.45) is 0. The van der Waals surface area contributed by atoms with Crippen molar-refractivity contribution in [3.8, 4) is 0 Å². The Morgan fingerprint density at radius 1 is 1.18 bits per heavy atom. The SMILES string of the molecule is Cc1cc(C)c(CN2CCN[C@@H](C)C2)cc1C. The van der Waals surface area contributed by atoms with Crippen LogP contribution < -0.4 is 5.32 Å². The number of piperazine rings is 1. The van der Waals surface area contributed by atoms with Gasteiger partial charge in [-0.2, -0.15) is 0 Å². The summed E-state index contributed by atoms with van der Waals surface area (Å²) in [5.74, 6) is 0. The minimum atomic E-state index is 0.621. The number of hydrogen-bond acceptors (Lipinski definition) is 2. The molecule has 0 amide bonds. The lowest BCUT2D eigenvalue weighted by molar-refractivity contribution is 0.199. The van der Waals surface area contributed by atoms with E-state index in [4.69, 9.17) is 0 Å². The normalized spacial score (nSPS) is 21.8. The zero-order valence-corrected chi connectivity index (χ0v) is 11.5. The monoisotopic (exact) mass is 232 g/mol. The fraction of sp³-hybridized carbons (Fsp3) is 0.600. The summed E-state index contributed by atoms with van der Waals surface area (Å²) >= 11 is 0. The Labute approximate surface area is 105 Å². The Balaban J connectivity index is 2.10. The molecule has 0 aliphatic carbocycles. The van der Waals surface area contributed by atoms with Crippen molar-refractivity contribution >= 4 is 0 Å². The molecular weight excluding hydrogens is 208 g/mol. The zero-order chi connectivity index (χ0) is 12.4. The quantitative estimate of drug-likeness (QED) is 0.842. The van der Waals surface area contributed by atoms with Crippen LogP contribution >= 0.6 is 0 Å². The van der Waals surface area contributed by atoms with Crippen LogP contribution in [0, 0.1) is 20.8 Å². The summed E-state index contributed by atoms with van der Waals surface area (Å²) in [6.45, 7) is 13.4. The Morgan fingerprint density at radius 2 is 1.88 bits per heavy atom. The van der Waals surface area contributed by atoms with Gasteiger partial charge in [0.05, 0.1) is 0 Å². The maximum Gasteiger partial charge on any atom is 0.0237 e. The molecule has 1 fully saturated rings. The van der Waals surface area contributed by atoms with Crippen LogP contribution in [-0.4, -0.2) is 30.6 Å². The molecule has 94 valence electrons. The molecule has 1 saturated heterocycles. The molecule has 0 saturated carbocycles. The zero-order valence-electron chi connectivity index (χ0n) is 11.5. The van der Waals surface area contributed by atoms with Crippen molar-refractivity contribution in [3.05, 3.63) is 34.4 Å². The van der Waals surface area contributed by atoms with Gasteiger partial charge in [-0.3, -0.25) is 4.90 Å². The first-order valence-corrected chi connectivity index (χ1v) is 6.58. The summed E-state index contributed by atoms with van der Waals surface area (Å²) < 4.78 is 0. The summed E-state index contributed by atoms with van der Waals surface area (Å²) in [5.41, 5.74) is 5.73. The van der Waals surface area contributed by atoms with Crippen LogP contribution in [0.2, 0.25) is 0 Å². The van der Waals surface area contributed by atoms with Crippen LogP contribution in [0.25, 0.3) is 0 Å². The van der Waals surface area contributed by atoms with E-state index >= 15 is 0 Å². The van der Waals surface area contributed by atoms with Crippen molar-refractivity contribution in [1.82, 2.24) is 10.2 Å². The average molecular weight is 232 g/mol. The van der Waals surface area contributed by atoms with E-state index in [1.807, 2.05) is 0 Å². The molecule has 0 radical (unpaired) electrons. The fourth-order valence-corrected chi connectivity index (χ4v) is 2.59. The number of nitrogens with zero attached hydrogens (tertiary/aromatic N) is 1. The molecule has 1 N–H and O–H groups in total. The second-order valence-electron chi connectivity index (χ2n) is 5.45. The molecule has 2 nitrogen and oxygen atoms in total. The number of rotatable bonds is 2. The van der Waals surface area contributed by atoms with Gasteiger partial charge in [0, 0.05) is 32.2 Å². The highest BCUT2D eigenvalue weighted by Crippen LogP contribution is 2.17. The highest BCUT2D eigenvalue weighted by Gasteiger charge is 2.16. The predicted molar refractivity (Wildman–Crippen MR) is 73.4 cm³/mol. The lowest BCUT2D eigenvalue weighted by Gasteiger charge is -2.32. The first-order chi connectivity index (χ1) is 8.06. The third kappa shape index (κ3) is 3.08. The lowest BCUT2D eigenvalue weighted by atomic mass is 10.00. The van der Waals surface area contributed by atoms with Crippen molar-refractivity contribution in [2.24, 2.45) is 0 Å². The molecule has 1 heterocycles. The van der Waals surface area contributed by atoms with Crippen molar-refractivity contribution in [2.45, 2.75) is 40.3 Å². The summed E-state index contributed by atoms with van der Waals surface area (Å²) in [4.78, 5) is 2.55. The van der Waals surface area contributed by atoms with Gasteiger partial charge in [0.1, 0.15) is 0 Å². The van der Waals surface area contributed by atoms with Gasteiger partial charge in [0.2, 0.25) is 0 Å². The first kappa shape index (κ1) is 12.6. The molecule has 1 aliphatic heterocycles. The van der Waals surface area contributed by atoms with E-state index in [1.54, 1.807) is 0 Å². The van der Waals surface area contributed by atoms with E-state index in [2.05, 4.69) is 50.0 Å². The maximum atomic E-state index is 3.49. The van der Waals surface area contributed by atoms with Crippen molar-refractivity contribution in [2.75, 3.05) is 19.6 Å². The van der Waals surface area contributed by atoms with Crippen LogP contribution in [0.15, 0.2) is 12.1 Å². The number of benzene rings is 1. The summed E-state index contributed by atoms with van der Waals surface area (Å²) in [6, 6.07) is 5.30. The van der Waals surface area contributed by atoms with Gasteiger partial charge in [-0.15, -0.1) is 0 Å². The van der Waals surface area contributed by atoms with E-state index < -0.39 is 0 Å². The van der Waals surface area contributed by atoms with Crippen LogP contribution in [-0.2, 0) is 6.54 Å². The minimum absolute atomic E-state index is 0.621. The number of aryl methyl sites for hydroxylation is 3. The van der Waals surface area contributed by atoms with Crippen LogP contribution in [0.3, 0.4) is 0 Å². The molecule has 17 heavy (non-hydrogen) atoms. The van der Waals surface area contributed by atoms with Crippen LogP contribution in [0.5, 0.6) is 0 Å². The second-order valence-corrected chi connectivity index (χ2v) is 5.45. The molecule has 1 aromatic rings. The standard InChI is InChI=1S/C15H24N2/c1-11-7-13(3)15(8-12(11)2)10-17-6-5-16-14(4)9-17/h7-8,14,16H,5-6,9-10H2,1-4H3/t14-/m0/s1. The summed E-state index contributed by atoms with van der Waals surface area (Å²) in [7, 11) is 0. The van der Waals surface area contributed by atoms with Crippen molar-refractivity contribution in [3.63, 3.8) is 0 Å². The van der Waals surface area contributed by atoms with Gasteiger partial charge in [0.25, 0.3) is 0 Å². The Hall–Kier alpha value is -0.860. The van der Waals surface area contributed by atoms with Crippen molar-refractivity contribution < 1.29 is 0 Å². The molecule has 2 heteroatoms. The fourth-order valence-electron chi connectivity index (χ4n) is 2.59. The predicted octanol–water partition coefficient (Wildman–Crippen LogP) is 2.41. The van der Waals surface area contributed by atoms with Crippen LogP contribution in [0.4, 0.5) is 0 Å². The molecular formula is C15H24N2. The molecule has 0 spiro atoms. The van der Waals surface area contributed by atoms with E-state index in [9.17, 15) is 0 Å². The van der Waals surface area contributed by atoms with E-state index in [0.29, 0.717) is 6.04 Å². The largest absolute Gasteiger partial charge is 0.312 e. The molecule has 1 aliphatic rings. The Bertz CT molecular complexity index is 398. The molecule has 0 aromatic heterocycles. The van der Waals surface area contributed by atoms with Gasteiger partial charge in [-0.05, 0) is 49.9 Å². The maximum absolute atomic E-state index is 3.49. The highest BCUT2D eigenvalue weighted by molar-refractivity contribution is 5.36. The van der Waals surface area contributed by atoms with Gasteiger partial charge in [0.15, 0.2) is 0 Å². The van der Waals surface area contributed by atoms with Crippen LogP contribution in [0.1, 0.15) is 29.2 Å². The van der Waals surface area contributed by atoms with Crippen molar-refractivity contribution in [1.29, 1.82) is 0 Å². The van der Waals surface area contributed by atoms with E-state index in [0.717, 1.165) is 26.2 Å². The minimum Gasteiger partial charge on any atom is -0.312 e. The highest BCUT2D eigenvalue weighted by atomic mass is 15.2. The average Bonchev–Trinajstić information content (AvgIpc) is 2.26. The van der Waals surface area contributed by atoms with E-state index in [-0.39, 0.29) is 0 Å². The lowest BCUT2D eigenvalue weighted by Crippen LogP contribution is -2.48. The third-order valence-electron chi connectivity index (χ3n) is 3.80. The molecule has 2 rings (SSSR count). The first-order valence-electron chi connectivity index (χ1n) is 6.58.